The van der Waals surface area contributed by atoms with Crippen molar-refractivity contribution in [2.45, 2.75) is 18.0 Å². The van der Waals surface area contributed by atoms with E-state index in [1.54, 1.807) is 0 Å². The minimum Gasteiger partial charge on any atom is -0.280 e. The SMILES string of the molecule is Cc1ccc(F)cc1S(=O)(=O)Nc1ccc(-n2ccc(C(F)(F)F)n2)cc1. The molecule has 0 aliphatic heterocycles. The van der Waals surface area contributed by atoms with Crippen molar-refractivity contribution in [3.63, 3.8) is 0 Å². The van der Waals surface area contributed by atoms with Crippen molar-refractivity contribution in [3.05, 3.63) is 71.8 Å². The Labute approximate surface area is 152 Å². The first-order valence-electron chi connectivity index (χ1n) is 7.58. The molecular weight excluding hydrogens is 386 g/mol. The number of halogens is 4. The zero-order valence-corrected chi connectivity index (χ0v) is 14.6. The van der Waals surface area contributed by atoms with Crippen molar-refractivity contribution in [3.8, 4) is 5.69 Å². The molecule has 0 radical (unpaired) electrons. The topological polar surface area (TPSA) is 64.0 Å². The fourth-order valence-corrected chi connectivity index (χ4v) is 3.69. The van der Waals surface area contributed by atoms with E-state index in [0.29, 0.717) is 11.3 Å². The smallest absolute Gasteiger partial charge is 0.280 e. The molecule has 5 nitrogen and oxygen atoms in total. The highest BCUT2D eigenvalue weighted by molar-refractivity contribution is 7.92. The minimum absolute atomic E-state index is 0.172. The minimum atomic E-state index is -4.55. The van der Waals surface area contributed by atoms with E-state index >= 15 is 0 Å². The van der Waals surface area contributed by atoms with Gasteiger partial charge in [0.05, 0.1) is 10.6 Å². The second kappa shape index (κ2) is 6.69. The van der Waals surface area contributed by atoms with Crippen molar-refractivity contribution in [2.75, 3.05) is 4.72 Å². The van der Waals surface area contributed by atoms with Crippen LogP contribution < -0.4 is 4.72 Å². The highest BCUT2D eigenvalue weighted by atomic mass is 32.2. The maximum Gasteiger partial charge on any atom is 0.435 e. The Morgan fingerprint density at radius 3 is 2.30 bits per heavy atom. The standard InChI is InChI=1S/C17H13F4N3O2S/c1-11-2-3-12(18)10-15(11)27(25,26)23-13-4-6-14(7-5-13)24-9-8-16(22-24)17(19,20)21/h2-10,23H,1H3. The summed E-state index contributed by atoms with van der Waals surface area (Å²) >= 11 is 0. The lowest BCUT2D eigenvalue weighted by molar-refractivity contribution is -0.141. The van der Waals surface area contributed by atoms with Crippen LogP contribution in [0, 0.1) is 12.7 Å². The fraction of sp³-hybridized carbons (Fsp3) is 0.118. The van der Waals surface area contributed by atoms with Crippen molar-refractivity contribution < 1.29 is 26.0 Å². The van der Waals surface area contributed by atoms with Crippen molar-refractivity contribution in [1.29, 1.82) is 0 Å². The largest absolute Gasteiger partial charge is 0.435 e. The number of benzene rings is 2. The molecule has 0 spiro atoms. The molecule has 142 valence electrons. The molecule has 0 saturated carbocycles. The number of nitrogens with zero attached hydrogens (tertiary/aromatic N) is 2. The monoisotopic (exact) mass is 399 g/mol. The number of hydrogen-bond acceptors (Lipinski definition) is 3. The molecule has 2 aromatic carbocycles. The number of sulfonamides is 1. The normalized spacial score (nSPS) is 12.2. The average molecular weight is 399 g/mol. The maximum absolute atomic E-state index is 13.4. The summed E-state index contributed by atoms with van der Waals surface area (Å²) in [5.74, 6) is -0.685. The van der Waals surface area contributed by atoms with Gasteiger partial charge in [-0.15, -0.1) is 0 Å². The fourth-order valence-electron chi connectivity index (χ4n) is 2.37. The third-order valence-electron chi connectivity index (χ3n) is 3.70. The molecule has 27 heavy (non-hydrogen) atoms. The number of alkyl halides is 3. The van der Waals surface area contributed by atoms with Crippen LogP contribution in [0.3, 0.4) is 0 Å². The van der Waals surface area contributed by atoms with Crippen LogP contribution in [0.15, 0.2) is 59.6 Å². The van der Waals surface area contributed by atoms with Crippen molar-refractivity contribution in [2.24, 2.45) is 0 Å². The zero-order chi connectivity index (χ0) is 19.8. The van der Waals surface area contributed by atoms with Gasteiger partial charge in [-0.05, 0) is 55.0 Å². The molecule has 10 heteroatoms. The first-order chi connectivity index (χ1) is 12.6. The Balaban J connectivity index is 1.83. The second-order valence-electron chi connectivity index (χ2n) is 5.71. The summed E-state index contributed by atoms with van der Waals surface area (Å²) in [7, 11) is -4.02. The lowest BCUT2D eigenvalue weighted by Gasteiger charge is -2.11. The van der Waals surface area contributed by atoms with Gasteiger partial charge < -0.3 is 0 Å². The predicted molar refractivity (Wildman–Crippen MR) is 90.5 cm³/mol. The molecule has 0 aliphatic rings. The number of anilines is 1. The second-order valence-corrected chi connectivity index (χ2v) is 7.36. The van der Waals surface area contributed by atoms with Gasteiger partial charge in [0, 0.05) is 11.9 Å². The van der Waals surface area contributed by atoms with Gasteiger partial charge in [0.1, 0.15) is 5.82 Å². The van der Waals surface area contributed by atoms with Crippen LogP contribution in [0.2, 0.25) is 0 Å². The molecule has 3 rings (SSSR count). The van der Waals surface area contributed by atoms with E-state index in [1.807, 2.05) is 0 Å². The van der Waals surface area contributed by atoms with E-state index in [2.05, 4.69) is 9.82 Å². The van der Waals surface area contributed by atoms with Crippen LogP contribution in [0.25, 0.3) is 5.69 Å². The van der Waals surface area contributed by atoms with Gasteiger partial charge in [-0.3, -0.25) is 4.72 Å². The molecule has 0 amide bonds. The van der Waals surface area contributed by atoms with Crippen molar-refractivity contribution in [1.82, 2.24) is 9.78 Å². The molecule has 1 N–H and O–H groups in total. The summed E-state index contributed by atoms with van der Waals surface area (Å²) in [6.45, 7) is 1.53. The van der Waals surface area contributed by atoms with Crippen LogP contribution in [0.1, 0.15) is 11.3 Å². The molecule has 1 aromatic heterocycles. The van der Waals surface area contributed by atoms with Gasteiger partial charge in [0.2, 0.25) is 0 Å². The van der Waals surface area contributed by atoms with Crippen LogP contribution in [0.5, 0.6) is 0 Å². The van der Waals surface area contributed by atoms with Gasteiger partial charge in [-0.25, -0.2) is 17.5 Å². The van der Waals surface area contributed by atoms with Gasteiger partial charge in [0.15, 0.2) is 5.69 Å². The van der Waals surface area contributed by atoms with Crippen LogP contribution in [-0.2, 0) is 16.2 Å². The van der Waals surface area contributed by atoms with Crippen LogP contribution >= 0.6 is 0 Å². The average Bonchev–Trinajstić information content (AvgIpc) is 3.08. The summed E-state index contributed by atoms with van der Waals surface area (Å²) in [6, 6.07) is 9.81. The quantitative estimate of drug-likeness (QED) is 0.671. The molecule has 0 fully saturated rings. The summed E-state index contributed by atoms with van der Waals surface area (Å²) in [5.41, 5.74) is -0.174. The van der Waals surface area contributed by atoms with E-state index < -0.39 is 27.7 Å². The third kappa shape index (κ3) is 4.11. The maximum atomic E-state index is 13.4. The molecule has 3 aromatic rings. The summed E-state index contributed by atoms with van der Waals surface area (Å²) in [6.07, 6.45) is -3.40. The first kappa shape index (κ1) is 18.9. The Hall–Kier alpha value is -2.88. The highest BCUT2D eigenvalue weighted by Gasteiger charge is 2.33. The molecule has 0 bridgehead atoms. The summed E-state index contributed by atoms with van der Waals surface area (Å²) in [5, 5.41) is 3.44. The molecular formula is C17H13F4N3O2S. The number of hydrogen-bond donors (Lipinski definition) is 1. The van der Waals surface area contributed by atoms with Crippen LogP contribution in [-0.4, -0.2) is 18.2 Å². The van der Waals surface area contributed by atoms with E-state index in [0.717, 1.165) is 29.1 Å². The predicted octanol–water partition coefficient (Wildman–Crippen LogP) is 4.14. The number of aromatic nitrogens is 2. The summed E-state index contributed by atoms with van der Waals surface area (Å²) in [4.78, 5) is -0.200. The molecule has 0 saturated heterocycles. The van der Waals surface area contributed by atoms with E-state index in [1.165, 1.54) is 37.3 Å². The van der Waals surface area contributed by atoms with E-state index in [9.17, 15) is 26.0 Å². The molecule has 0 unspecified atom stereocenters. The third-order valence-corrected chi connectivity index (χ3v) is 5.23. The lowest BCUT2D eigenvalue weighted by Crippen LogP contribution is -2.14. The molecule has 0 atom stereocenters. The Morgan fingerprint density at radius 1 is 1.04 bits per heavy atom. The molecule has 0 aliphatic carbocycles. The lowest BCUT2D eigenvalue weighted by atomic mass is 10.2. The first-order valence-corrected chi connectivity index (χ1v) is 9.07. The van der Waals surface area contributed by atoms with E-state index in [4.69, 9.17) is 0 Å². The number of aryl methyl sites for hydroxylation is 1. The highest BCUT2D eigenvalue weighted by Crippen LogP contribution is 2.28. The Kier molecular flexibility index (Phi) is 4.68. The van der Waals surface area contributed by atoms with Gasteiger partial charge >= 0.3 is 6.18 Å². The zero-order valence-electron chi connectivity index (χ0n) is 13.8. The Morgan fingerprint density at radius 2 is 1.70 bits per heavy atom. The Bertz CT molecular complexity index is 1070. The number of rotatable bonds is 4. The van der Waals surface area contributed by atoms with Crippen LogP contribution in [0.4, 0.5) is 23.2 Å². The van der Waals surface area contributed by atoms with Gasteiger partial charge in [-0.2, -0.15) is 18.3 Å². The van der Waals surface area contributed by atoms with Crippen molar-refractivity contribution >= 4 is 15.7 Å². The van der Waals surface area contributed by atoms with Gasteiger partial charge in [-0.1, -0.05) is 6.07 Å². The number of nitrogens with one attached hydrogen (secondary N) is 1. The van der Waals surface area contributed by atoms with Gasteiger partial charge in [0.25, 0.3) is 10.0 Å². The molecule has 1 heterocycles. The summed E-state index contributed by atoms with van der Waals surface area (Å²) < 4.78 is 79.4. The van der Waals surface area contributed by atoms with E-state index in [-0.39, 0.29) is 10.6 Å².